The lowest BCUT2D eigenvalue weighted by molar-refractivity contribution is 0.233. The molecule has 3 heteroatoms. The number of nitrogens with one attached hydrogen (secondary N) is 1. The first kappa shape index (κ1) is 13.6. The Morgan fingerprint density at radius 1 is 1.20 bits per heavy atom. The highest BCUT2D eigenvalue weighted by molar-refractivity contribution is 6.30. The summed E-state index contributed by atoms with van der Waals surface area (Å²) in [5.74, 6) is 0. The van der Waals surface area contributed by atoms with Gasteiger partial charge in [0, 0.05) is 11.1 Å². The molecule has 3 rings (SSSR count). The molecule has 0 aliphatic heterocycles. The average molecular weight is 288 g/mol. The van der Waals surface area contributed by atoms with Crippen LogP contribution in [-0.2, 0) is 6.42 Å². The predicted octanol–water partition coefficient (Wildman–Crippen LogP) is 3.65. The van der Waals surface area contributed by atoms with Crippen molar-refractivity contribution >= 4 is 11.6 Å². The zero-order valence-electron chi connectivity index (χ0n) is 11.2. The van der Waals surface area contributed by atoms with Gasteiger partial charge in [-0.3, -0.25) is 0 Å². The van der Waals surface area contributed by atoms with Crippen molar-refractivity contribution in [3.63, 3.8) is 0 Å². The molecule has 2 nitrogen and oxygen atoms in total. The van der Waals surface area contributed by atoms with Crippen molar-refractivity contribution in [2.24, 2.45) is 0 Å². The van der Waals surface area contributed by atoms with Gasteiger partial charge in [-0.2, -0.15) is 0 Å². The number of aryl methyl sites for hydroxylation is 1. The van der Waals surface area contributed by atoms with Crippen LogP contribution in [-0.4, -0.2) is 11.7 Å². The molecular weight excluding hydrogens is 270 g/mol. The van der Waals surface area contributed by atoms with Gasteiger partial charge in [0.1, 0.15) is 0 Å². The molecule has 0 spiro atoms. The minimum atomic E-state index is -0.0252. The highest BCUT2D eigenvalue weighted by Crippen LogP contribution is 2.34. The molecule has 2 aromatic rings. The van der Waals surface area contributed by atoms with Gasteiger partial charge in [0.25, 0.3) is 0 Å². The molecule has 2 N–H and O–H groups in total. The van der Waals surface area contributed by atoms with Crippen molar-refractivity contribution in [1.29, 1.82) is 0 Å². The Kier molecular flexibility index (Phi) is 4.06. The number of benzene rings is 2. The zero-order chi connectivity index (χ0) is 13.9. The molecule has 0 saturated carbocycles. The van der Waals surface area contributed by atoms with Crippen LogP contribution >= 0.6 is 11.6 Å². The molecule has 0 aromatic heterocycles. The fourth-order valence-electron chi connectivity index (χ4n) is 2.94. The van der Waals surface area contributed by atoms with Crippen LogP contribution in [0.5, 0.6) is 0 Å². The van der Waals surface area contributed by atoms with Crippen molar-refractivity contribution in [2.45, 2.75) is 24.9 Å². The summed E-state index contributed by atoms with van der Waals surface area (Å²) < 4.78 is 0. The van der Waals surface area contributed by atoms with Gasteiger partial charge in [-0.1, -0.05) is 48.0 Å². The van der Waals surface area contributed by atoms with E-state index in [9.17, 15) is 5.11 Å². The van der Waals surface area contributed by atoms with Crippen LogP contribution in [0, 0.1) is 0 Å². The molecule has 0 fully saturated rings. The summed E-state index contributed by atoms with van der Waals surface area (Å²) >= 11 is 6.04. The van der Waals surface area contributed by atoms with Crippen LogP contribution in [0.3, 0.4) is 0 Å². The van der Waals surface area contributed by atoms with E-state index in [0.29, 0.717) is 6.04 Å². The maximum Gasteiger partial charge on any atom is 0.0626 e. The van der Waals surface area contributed by atoms with Gasteiger partial charge in [0.2, 0.25) is 0 Å². The maximum atomic E-state index is 9.65. The van der Waals surface area contributed by atoms with E-state index >= 15 is 0 Å². The van der Waals surface area contributed by atoms with E-state index in [-0.39, 0.29) is 12.6 Å². The molecule has 0 heterocycles. The van der Waals surface area contributed by atoms with Crippen molar-refractivity contribution in [1.82, 2.24) is 5.32 Å². The number of aliphatic hydroxyl groups excluding tert-OH is 1. The number of halogens is 1. The van der Waals surface area contributed by atoms with Crippen molar-refractivity contribution in [3.8, 4) is 0 Å². The number of rotatable bonds is 4. The molecule has 104 valence electrons. The normalized spacial score (nSPS) is 18.8. The van der Waals surface area contributed by atoms with Gasteiger partial charge >= 0.3 is 0 Å². The van der Waals surface area contributed by atoms with Crippen LogP contribution in [0.2, 0.25) is 5.02 Å². The highest BCUT2D eigenvalue weighted by atomic mass is 35.5. The first-order valence-corrected chi connectivity index (χ1v) is 7.36. The summed E-state index contributed by atoms with van der Waals surface area (Å²) in [7, 11) is 0. The summed E-state index contributed by atoms with van der Waals surface area (Å²) in [5.41, 5.74) is 3.75. The molecule has 1 unspecified atom stereocenters. The largest absolute Gasteiger partial charge is 0.394 e. The van der Waals surface area contributed by atoms with Gasteiger partial charge < -0.3 is 10.4 Å². The molecule has 1 aliphatic carbocycles. The molecule has 1 aliphatic rings. The Balaban J connectivity index is 1.79. The van der Waals surface area contributed by atoms with Gasteiger partial charge in [-0.05, 0) is 41.7 Å². The van der Waals surface area contributed by atoms with E-state index in [4.69, 9.17) is 11.6 Å². The number of hydrogen-bond acceptors (Lipinski definition) is 2. The third-order valence-corrected chi connectivity index (χ3v) is 4.20. The monoisotopic (exact) mass is 287 g/mol. The highest BCUT2D eigenvalue weighted by Gasteiger charge is 2.25. The molecule has 0 saturated heterocycles. The Bertz CT molecular complexity index is 585. The lowest BCUT2D eigenvalue weighted by Gasteiger charge is -2.22. The molecular formula is C17H18ClNO. The number of fused-ring (bicyclic) bond motifs is 1. The van der Waals surface area contributed by atoms with Gasteiger partial charge in [0.15, 0.2) is 0 Å². The van der Waals surface area contributed by atoms with Crippen molar-refractivity contribution < 1.29 is 5.11 Å². The second-order valence-corrected chi connectivity index (χ2v) is 5.68. The molecule has 2 atom stereocenters. The van der Waals surface area contributed by atoms with Gasteiger partial charge in [-0.25, -0.2) is 0 Å². The van der Waals surface area contributed by atoms with E-state index in [1.807, 2.05) is 36.4 Å². The summed E-state index contributed by atoms with van der Waals surface area (Å²) in [4.78, 5) is 0. The van der Waals surface area contributed by atoms with E-state index in [0.717, 1.165) is 23.4 Å². The maximum absolute atomic E-state index is 9.65. The van der Waals surface area contributed by atoms with E-state index in [1.54, 1.807) is 0 Å². The Hall–Kier alpha value is -1.35. The Morgan fingerprint density at radius 2 is 2.00 bits per heavy atom. The molecule has 0 bridgehead atoms. The lowest BCUT2D eigenvalue weighted by Crippen LogP contribution is -2.27. The second-order valence-electron chi connectivity index (χ2n) is 5.25. The second kappa shape index (κ2) is 5.96. The van der Waals surface area contributed by atoms with Crippen molar-refractivity contribution in [3.05, 3.63) is 70.2 Å². The topological polar surface area (TPSA) is 32.3 Å². The summed E-state index contributed by atoms with van der Waals surface area (Å²) in [5, 5.41) is 14.0. The molecule has 0 amide bonds. The first-order valence-electron chi connectivity index (χ1n) is 6.98. The minimum Gasteiger partial charge on any atom is -0.394 e. The fraction of sp³-hybridized carbons (Fsp3) is 0.294. The van der Waals surface area contributed by atoms with E-state index < -0.39 is 0 Å². The Labute approximate surface area is 124 Å². The van der Waals surface area contributed by atoms with E-state index in [1.165, 1.54) is 11.1 Å². The lowest BCUT2D eigenvalue weighted by atomic mass is 10.0. The van der Waals surface area contributed by atoms with Crippen LogP contribution in [0.15, 0.2) is 48.5 Å². The SMILES string of the molecule is OC[C@@H](NC1CCc2cc(Cl)ccc21)c1ccccc1. The number of hydrogen-bond donors (Lipinski definition) is 2. The minimum absolute atomic E-state index is 0.0252. The zero-order valence-corrected chi connectivity index (χ0v) is 12.0. The average Bonchev–Trinajstić information content (AvgIpc) is 2.87. The molecule has 0 radical (unpaired) electrons. The van der Waals surface area contributed by atoms with Gasteiger partial charge in [0.05, 0.1) is 12.6 Å². The quantitative estimate of drug-likeness (QED) is 0.900. The fourth-order valence-corrected chi connectivity index (χ4v) is 3.14. The smallest absolute Gasteiger partial charge is 0.0626 e. The predicted molar refractivity (Wildman–Crippen MR) is 81.9 cm³/mol. The van der Waals surface area contributed by atoms with Crippen LogP contribution in [0.4, 0.5) is 0 Å². The third-order valence-electron chi connectivity index (χ3n) is 3.97. The third kappa shape index (κ3) is 2.73. The van der Waals surface area contributed by atoms with Crippen LogP contribution in [0.25, 0.3) is 0 Å². The molecule has 2 aromatic carbocycles. The summed E-state index contributed by atoms with van der Waals surface area (Å²) in [6, 6.07) is 16.4. The van der Waals surface area contributed by atoms with Crippen LogP contribution < -0.4 is 5.32 Å². The standard InChI is InChI=1S/C17H18ClNO/c18-14-7-8-15-13(10-14)6-9-16(15)19-17(11-20)12-4-2-1-3-5-12/h1-5,7-8,10,16-17,19-20H,6,9,11H2/t16?,17-/m1/s1. The van der Waals surface area contributed by atoms with Crippen LogP contribution in [0.1, 0.15) is 35.2 Å². The Morgan fingerprint density at radius 3 is 2.75 bits per heavy atom. The van der Waals surface area contributed by atoms with Gasteiger partial charge in [-0.15, -0.1) is 0 Å². The first-order chi connectivity index (χ1) is 9.78. The van der Waals surface area contributed by atoms with E-state index in [2.05, 4.69) is 17.4 Å². The number of aliphatic hydroxyl groups is 1. The van der Waals surface area contributed by atoms with Crippen molar-refractivity contribution in [2.75, 3.05) is 6.61 Å². The summed E-state index contributed by atoms with van der Waals surface area (Å²) in [6.07, 6.45) is 2.10. The molecule has 20 heavy (non-hydrogen) atoms. The summed E-state index contributed by atoms with van der Waals surface area (Å²) in [6.45, 7) is 0.101.